The van der Waals surface area contributed by atoms with Gasteiger partial charge in [-0.1, -0.05) is 72.8 Å². The van der Waals surface area contributed by atoms with Crippen LogP contribution in [0.2, 0.25) is 0 Å². The fourth-order valence-electron chi connectivity index (χ4n) is 4.49. The summed E-state index contributed by atoms with van der Waals surface area (Å²) in [5.74, 6) is 0.930. The molecule has 5 rings (SSSR count). The van der Waals surface area contributed by atoms with Crippen LogP contribution in [0.1, 0.15) is 17.0 Å². The normalized spacial score (nSPS) is 15.4. The van der Waals surface area contributed by atoms with Crippen molar-refractivity contribution in [2.24, 2.45) is 0 Å². The zero-order valence-electron chi connectivity index (χ0n) is 19.3. The van der Waals surface area contributed by atoms with Gasteiger partial charge in [-0.25, -0.2) is 4.98 Å². The van der Waals surface area contributed by atoms with E-state index < -0.39 is 11.7 Å². The van der Waals surface area contributed by atoms with Crippen molar-refractivity contribution in [1.29, 1.82) is 0 Å². The zero-order valence-corrected chi connectivity index (χ0v) is 19.3. The molecule has 1 N–H and O–H groups in total. The first kappa shape index (κ1) is 23.3. The average Bonchev–Trinajstić information content (AvgIpc) is 3.30. The summed E-state index contributed by atoms with van der Waals surface area (Å²) in [5, 5.41) is 0. The molecule has 0 bridgehead atoms. The fraction of sp³-hybridized carbons (Fsp3) is 0.250. The number of piperazine rings is 1. The number of H-pyrrole nitrogens is 1. The fourth-order valence-corrected chi connectivity index (χ4v) is 4.49. The Morgan fingerprint density at radius 2 is 1.23 bits per heavy atom. The van der Waals surface area contributed by atoms with Gasteiger partial charge in [0, 0.05) is 43.9 Å². The van der Waals surface area contributed by atoms with Gasteiger partial charge >= 0.3 is 6.18 Å². The molecule has 35 heavy (non-hydrogen) atoms. The van der Waals surface area contributed by atoms with Crippen LogP contribution in [0.15, 0.2) is 84.9 Å². The summed E-state index contributed by atoms with van der Waals surface area (Å²) < 4.78 is 38.4. The molecule has 1 saturated heterocycles. The smallest absolute Gasteiger partial charge is 0.340 e. The molecule has 1 fully saturated rings. The highest BCUT2D eigenvalue weighted by Crippen LogP contribution is 2.31. The minimum Gasteiger partial charge on any atom is -0.340 e. The van der Waals surface area contributed by atoms with Crippen LogP contribution >= 0.6 is 0 Å². The number of aromatic nitrogens is 2. The van der Waals surface area contributed by atoms with Crippen molar-refractivity contribution in [1.82, 2.24) is 19.8 Å². The van der Waals surface area contributed by atoms with Gasteiger partial charge in [-0.05, 0) is 17.7 Å². The lowest BCUT2D eigenvalue weighted by Crippen LogP contribution is -2.45. The predicted octanol–water partition coefficient (Wildman–Crippen LogP) is 6.08. The van der Waals surface area contributed by atoms with E-state index in [0.29, 0.717) is 6.54 Å². The van der Waals surface area contributed by atoms with E-state index in [1.807, 2.05) is 36.4 Å². The lowest BCUT2D eigenvalue weighted by molar-refractivity contribution is -0.137. The molecular weight excluding hydrogens is 449 g/mol. The van der Waals surface area contributed by atoms with Gasteiger partial charge in [0.1, 0.15) is 5.82 Å². The molecule has 1 aromatic heterocycles. The van der Waals surface area contributed by atoms with E-state index in [-0.39, 0.29) is 0 Å². The number of rotatable bonds is 6. The third-order valence-corrected chi connectivity index (χ3v) is 6.39. The quantitative estimate of drug-likeness (QED) is 0.366. The molecule has 180 valence electrons. The summed E-state index contributed by atoms with van der Waals surface area (Å²) in [6.45, 7) is 4.85. The Morgan fingerprint density at radius 1 is 0.686 bits per heavy atom. The minimum atomic E-state index is -4.29. The van der Waals surface area contributed by atoms with Gasteiger partial charge in [0.15, 0.2) is 0 Å². The van der Waals surface area contributed by atoms with Crippen LogP contribution in [-0.2, 0) is 19.3 Å². The molecule has 0 spiro atoms. The van der Waals surface area contributed by atoms with Crippen LogP contribution in [-0.4, -0.2) is 45.9 Å². The third kappa shape index (κ3) is 5.63. The molecular formula is C28H27F3N4. The summed E-state index contributed by atoms with van der Waals surface area (Å²) in [5.41, 5.74) is 4.45. The van der Waals surface area contributed by atoms with Crippen molar-refractivity contribution in [2.75, 3.05) is 26.2 Å². The van der Waals surface area contributed by atoms with E-state index in [0.717, 1.165) is 78.8 Å². The Bertz CT molecular complexity index is 1170. The number of alkyl halides is 3. The van der Waals surface area contributed by atoms with Gasteiger partial charge in [-0.3, -0.25) is 9.80 Å². The Balaban J connectivity index is 1.23. The Labute approximate surface area is 203 Å². The summed E-state index contributed by atoms with van der Waals surface area (Å²) in [6.07, 6.45) is -4.29. The van der Waals surface area contributed by atoms with Crippen molar-refractivity contribution in [3.05, 3.63) is 102 Å². The molecule has 3 aromatic carbocycles. The first-order valence-electron chi connectivity index (χ1n) is 11.8. The van der Waals surface area contributed by atoms with E-state index in [9.17, 15) is 13.2 Å². The molecule has 4 nitrogen and oxygen atoms in total. The van der Waals surface area contributed by atoms with E-state index in [2.05, 4.69) is 39.0 Å². The number of aromatic amines is 1. The average molecular weight is 477 g/mol. The number of hydrogen-bond acceptors (Lipinski definition) is 3. The maximum absolute atomic E-state index is 12.8. The van der Waals surface area contributed by atoms with Crippen molar-refractivity contribution >= 4 is 0 Å². The van der Waals surface area contributed by atoms with Crippen molar-refractivity contribution in [3.63, 3.8) is 0 Å². The van der Waals surface area contributed by atoms with E-state index in [4.69, 9.17) is 4.98 Å². The van der Waals surface area contributed by atoms with Crippen LogP contribution in [0, 0.1) is 0 Å². The summed E-state index contributed by atoms with van der Waals surface area (Å²) in [4.78, 5) is 13.2. The van der Waals surface area contributed by atoms with Gasteiger partial charge in [-0.15, -0.1) is 0 Å². The van der Waals surface area contributed by atoms with Gasteiger partial charge in [-0.2, -0.15) is 13.2 Å². The molecule has 0 atom stereocenters. The lowest BCUT2D eigenvalue weighted by Gasteiger charge is -2.34. The molecule has 0 saturated carbocycles. The highest BCUT2D eigenvalue weighted by molar-refractivity contribution is 5.78. The monoisotopic (exact) mass is 476 g/mol. The Kier molecular flexibility index (Phi) is 6.70. The van der Waals surface area contributed by atoms with Crippen LogP contribution in [0.3, 0.4) is 0 Å². The number of nitrogens with one attached hydrogen (secondary N) is 1. The summed E-state index contributed by atoms with van der Waals surface area (Å²) >= 11 is 0. The van der Waals surface area contributed by atoms with Crippen molar-refractivity contribution < 1.29 is 13.2 Å². The van der Waals surface area contributed by atoms with E-state index in [1.165, 1.54) is 0 Å². The highest BCUT2D eigenvalue weighted by Gasteiger charge is 2.30. The van der Waals surface area contributed by atoms with Gasteiger partial charge in [0.25, 0.3) is 0 Å². The highest BCUT2D eigenvalue weighted by atomic mass is 19.4. The number of benzene rings is 3. The molecule has 0 radical (unpaired) electrons. The van der Waals surface area contributed by atoms with Crippen molar-refractivity contribution in [3.8, 4) is 22.5 Å². The maximum atomic E-state index is 12.8. The number of hydrogen-bond donors (Lipinski definition) is 1. The molecule has 0 aliphatic carbocycles. The first-order chi connectivity index (χ1) is 17.0. The number of nitrogens with zero attached hydrogens (tertiary/aromatic N) is 3. The maximum Gasteiger partial charge on any atom is 0.416 e. The second kappa shape index (κ2) is 10.1. The molecule has 1 aliphatic rings. The predicted molar refractivity (Wildman–Crippen MR) is 131 cm³/mol. The molecule has 0 unspecified atom stereocenters. The summed E-state index contributed by atoms with van der Waals surface area (Å²) in [7, 11) is 0. The minimum absolute atomic E-state index is 0.603. The third-order valence-electron chi connectivity index (χ3n) is 6.39. The molecule has 2 heterocycles. The Hall–Kier alpha value is -3.42. The zero-order chi connectivity index (χ0) is 24.3. The Morgan fingerprint density at radius 3 is 1.80 bits per heavy atom. The summed E-state index contributed by atoms with van der Waals surface area (Å²) in [6, 6.07) is 25.9. The van der Waals surface area contributed by atoms with Crippen LogP contribution < -0.4 is 0 Å². The molecule has 7 heteroatoms. The standard InChI is InChI=1S/C28H27F3N4/c29-28(30,31)24-13-11-21(12-14-24)19-34-15-17-35(18-16-34)20-25-32-26(22-7-3-1-4-8-22)27(33-25)23-9-5-2-6-10-23/h1-14H,15-20H2,(H,32,33). The number of halogens is 3. The van der Waals surface area contributed by atoms with Crippen LogP contribution in [0.25, 0.3) is 22.5 Å². The first-order valence-corrected chi connectivity index (χ1v) is 11.8. The van der Waals surface area contributed by atoms with Crippen LogP contribution in [0.4, 0.5) is 13.2 Å². The molecule has 4 aromatic rings. The van der Waals surface area contributed by atoms with Gasteiger partial charge in [0.05, 0.1) is 23.5 Å². The van der Waals surface area contributed by atoms with Gasteiger partial charge < -0.3 is 4.98 Å². The van der Waals surface area contributed by atoms with Crippen LogP contribution in [0.5, 0.6) is 0 Å². The second-order valence-corrected chi connectivity index (χ2v) is 8.89. The number of imidazole rings is 1. The van der Waals surface area contributed by atoms with E-state index >= 15 is 0 Å². The lowest BCUT2D eigenvalue weighted by atomic mass is 10.1. The largest absolute Gasteiger partial charge is 0.416 e. The second-order valence-electron chi connectivity index (χ2n) is 8.89. The van der Waals surface area contributed by atoms with E-state index in [1.54, 1.807) is 12.1 Å². The van der Waals surface area contributed by atoms with Crippen molar-refractivity contribution in [2.45, 2.75) is 19.3 Å². The molecule has 1 aliphatic heterocycles. The topological polar surface area (TPSA) is 35.2 Å². The SMILES string of the molecule is FC(F)(F)c1ccc(CN2CCN(Cc3nc(-c4ccccc4)c(-c4ccccc4)[nH]3)CC2)cc1. The van der Waals surface area contributed by atoms with Gasteiger partial charge in [0.2, 0.25) is 0 Å². The molecule has 0 amide bonds.